The Bertz CT molecular complexity index is 417. The van der Waals surface area contributed by atoms with Crippen LogP contribution in [-0.4, -0.2) is 6.04 Å². The summed E-state index contributed by atoms with van der Waals surface area (Å²) in [6.45, 7) is 2.03. The normalized spacial score (nSPS) is 19.8. The molecule has 1 aliphatic carbocycles. The van der Waals surface area contributed by atoms with E-state index in [0.717, 1.165) is 5.56 Å². The first-order valence-corrected chi connectivity index (χ1v) is 7.90. The van der Waals surface area contributed by atoms with Crippen LogP contribution in [-0.2, 0) is 6.18 Å². The lowest BCUT2D eigenvalue weighted by Gasteiger charge is -2.25. The highest BCUT2D eigenvalue weighted by atomic mass is 19.4. The van der Waals surface area contributed by atoms with E-state index in [-0.39, 0.29) is 6.04 Å². The van der Waals surface area contributed by atoms with Crippen LogP contribution in [0.25, 0.3) is 0 Å². The van der Waals surface area contributed by atoms with Gasteiger partial charge in [0.25, 0.3) is 0 Å². The second-order valence-electron chi connectivity index (χ2n) is 6.05. The number of halogens is 3. The molecular weight excluding hydrogens is 275 g/mol. The van der Waals surface area contributed by atoms with E-state index in [1.54, 1.807) is 12.1 Å². The third kappa shape index (κ3) is 5.03. The molecular formula is C17H24F3N. The molecule has 0 aliphatic heterocycles. The quantitative estimate of drug-likeness (QED) is 0.780. The molecule has 4 heteroatoms. The predicted octanol–water partition coefficient (Wildman–Crippen LogP) is 5.47. The SMILES string of the molecule is CC(NC1CCCCCCC1)c1ccc(C(F)(F)F)cc1. The van der Waals surface area contributed by atoms with E-state index in [2.05, 4.69) is 5.32 Å². The van der Waals surface area contributed by atoms with Crippen molar-refractivity contribution in [2.45, 2.75) is 70.1 Å². The lowest BCUT2D eigenvalue weighted by molar-refractivity contribution is -0.137. The summed E-state index contributed by atoms with van der Waals surface area (Å²) in [5.74, 6) is 0. The second kappa shape index (κ2) is 7.30. The molecule has 1 aromatic rings. The van der Waals surface area contributed by atoms with Crippen molar-refractivity contribution in [3.05, 3.63) is 35.4 Å². The van der Waals surface area contributed by atoms with Gasteiger partial charge in [0.15, 0.2) is 0 Å². The van der Waals surface area contributed by atoms with Crippen LogP contribution < -0.4 is 5.32 Å². The zero-order valence-electron chi connectivity index (χ0n) is 12.5. The Balaban J connectivity index is 1.94. The van der Waals surface area contributed by atoms with Gasteiger partial charge in [0.2, 0.25) is 0 Å². The maximum absolute atomic E-state index is 12.6. The van der Waals surface area contributed by atoms with E-state index in [1.807, 2.05) is 6.92 Å². The van der Waals surface area contributed by atoms with Gasteiger partial charge < -0.3 is 5.32 Å². The van der Waals surface area contributed by atoms with Gasteiger partial charge in [-0.25, -0.2) is 0 Å². The van der Waals surface area contributed by atoms with Gasteiger partial charge in [0.1, 0.15) is 0 Å². The molecule has 1 unspecified atom stereocenters. The molecule has 0 bridgehead atoms. The highest BCUT2D eigenvalue weighted by Crippen LogP contribution is 2.30. The summed E-state index contributed by atoms with van der Waals surface area (Å²) in [6, 6.07) is 6.10. The van der Waals surface area contributed by atoms with Crippen LogP contribution in [0.5, 0.6) is 0 Å². The van der Waals surface area contributed by atoms with Crippen LogP contribution in [0.3, 0.4) is 0 Å². The fraction of sp³-hybridized carbons (Fsp3) is 0.647. The van der Waals surface area contributed by atoms with Gasteiger partial charge in [-0.1, -0.05) is 44.2 Å². The van der Waals surface area contributed by atoms with E-state index in [9.17, 15) is 13.2 Å². The number of hydrogen-bond acceptors (Lipinski definition) is 1. The lowest BCUT2D eigenvalue weighted by Crippen LogP contribution is -2.32. The summed E-state index contributed by atoms with van der Waals surface area (Å²) in [6.07, 6.45) is 4.51. The van der Waals surface area contributed by atoms with Crippen molar-refractivity contribution >= 4 is 0 Å². The Kier molecular flexibility index (Phi) is 5.68. The molecule has 118 valence electrons. The van der Waals surface area contributed by atoms with Crippen molar-refractivity contribution in [3.63, 3.8) is 0 Å². The zero-order valence-corrected chi connectivity index (χ0v) is 12.5. The van der Waals surface area contributed by atoms with Gasteiger partial charge in [-0.3, -0.25) is 0 Å². The molecule has 0 amide bonds. The molecule has 0 aromatic heterocycles. The number of hydrogen-bond donors (Lipinski definition) is 1. The van der Waals surface area contributed by atoms with Crippen molar-refractivity contribution in [2.75, 3.05) is 0 Å². The molecule has 0 spiro atoms. The standard InChI is InChI=1S/C17H24F3N/c1-13(21-16-7-5-3-2-4-6-8-16)14-9-11-15(12-10-14)17(18,19)20/h9-13,16,21H,2-8H2,1H3. The molecule has 0 heterocycles. The molecule has 1 N–H and O–H groups in total. The van der Waals surface area contributed by atoms with Gasteiger partial charge in [-0.05, 0) is 37.5 Å². The molecule has 1 saturated carbocycles. The Morgan fingerprint density at radius 3 is 2.00 bits per heavy atom. The van der Waals surface area contributed by atoms with Crippen LogP contribution in [0.15, 0.2) is 24.3 Å². The fourth-order valence-electron chi connectivity index (χ4n) is 3.03. The summed E-state index contributed by atoms with van der Waals surface area (Å²) >= 11 is 0. The van der Waals surface area contributed by atoms with Gasteiger partial charge >= 0.3 is 6.18 Å². The van der Waals surface area contributed by atoms with Crippen LogP contribution in [0.4, 0.5) is 13.2 Å². The van der Waals surface area contributed by atoms with E-state index < -0.39 is 11.7 Å². The van der Waals surface area contributed by atoms with Gasteiger partial charge in [0, 0.05) is 12.1 Å². The summed E-state index contributed by atoms with van der Waals surface area (Å²) in [7, 11) is 0. The summed E-state index contributed by atoms with van der Waals surface area (Å²) < 4.78 is 37.7. The minimum absolute atomic E-state index is 0.0942. The molecule has 1 nitrogen and oxygen atoms in total. The molecule has 21 heavy (non-hydrogen) atoms. The van der Waals surface area contributed by atoms with E-state index in [4.69, 9.17) is 0 Å². The van der Waals surface area contributed by atoms with Crippen molar-refractivity contribution in [3.8, 4) is 0 Å². The molecule has 0 saturated heterocycles. The Hall–Kier alpha value is -1.03. The van der Waals surface area contributed by atoms with Crippen LogP contribution in [0, 0.1) is 0 Å². The first kappa shape index (κ1) is 16.3. The molecule has 0 radical (unpaired) electrons. The van der Waals surface area contributed by atoms with Crippen molar-refractivity contribution in [1.29, 1.82) is 0 Å². The number of benzene rings is 1. The molecule has 1 aromatic carbocycles. The van der Waals surface area contributed by atoms with E-state index >= 15 is 0 Å². The topological polar surface area (TPSA) is 12.0 Å². The predicted molar refractivity (Wildman–Crippen MR) is 79.1 cm³/mol. The van der Waals surface area contributed by atoms with Crippen molar-refractivity contribution in [1.82, 2.24) is 5.32 Å². The van der Waals surface area contributed by atoms with Gasteiger partial charge in [0.05, 0.1) is 5.56 Å². The fourth-order valence-corrected chi connectivity index (χ4v) is 3.03. The first-order chi connectivity index (χ1) is 9.97. The monoisotopic (exact) mass is 299 g/mol. The number of alkyl halides is 3. The van der Waals surface area contributed by atoms with E-state index in [0.29, 0.717) is 6.04 Å². The molecule has 1 aliphatic rings. The van der Waals surface area contributed by atoms with Crippen LogP contribution >= 0.6 is 0 Å². The molecule has 1 fully saturated rings. The lowest BCUT2D eigenvalue weighted by atomic mass is 9.95. The molecule has 2 rings (SSSR count). The Morgan fingerprint density at radius 2 is 1.48 bits per heavy atom. The third-order valence-electron chi connectivity index (χ3n) is 4.33. The molecule has 1 atom stereocenters. The Morgan fingerprint density at radius 1 is 0.952 bits per heavy atom. The van der Waals surface area contributed by atoms with Crippen molar-refractivity contribution < 1.29 is 13.2 Å². The average molecular weight is 299 g/mol. The minimum Gasteiger partial charge on any atom is -0.307 e. The smallest absolute Gasteiger partial charge is 0.307 e. The summed E-state index contributed by atoms with van der Waals surface area (Å²) in [5, 5.41) is 3.58. The van der Waals surface area contributed by atoms with Crippen LogP contribution in [0.1, 0.15) is 69.0 Å². The van der Waals surface area contributed by atoms with E-state index in [1.165, 1.54) is 57.1 Å². The highest BCUT2D eigenvalue weighted by molar-refractivity contribution is 5.26. The summed E-state index contributed by atoms with van der Waals surface area (Å²) in [4.78, 5) is 0. The largest absolute Gasteiger partial charge is 0.416 e. The second-order valence-corrected chi connectivity index (χ2v) is 6.05. The average Bonchev–Trinajstić information content (AvgIpc) is 2.41. The van der Waals surface area contributed by atoms with Gasteiger partial charge in [-0.15, -0.1) is 0 Å². The maximum atomic E-state index is 12.6. The number of nitrogens with one attached hydrogen (secondary N) is 1. The Labute approximate surface area is 124 Å². The number of rotatable bonds is 3. The van der Waals surface area contributed by atoms with Crippen LogP contribution in [0.2, 0.25) is 0 Å². The first-order valence-electron chi connectivity index (χ1n) is 7.90. The van der Waals surface area contributed by atoms with Crippen molar-refractivity contribution in [2.24, 2.45) is 0 Å². The third-order valence-corrected chi connectivity index (χ3v) is 4.33. The highest BCUT2D eigenvalue weighted by Gasteiger charge is 2.30. The maximum Gasteiger partial charge on any atom is 0.416 e. The zero-order chi connectivity index (χ0) is 15.3. The minimum atomic E-state index is -4.26. The summed E-state index contributed by atoms with van der Waals surface area (Å²) in [5.41, 5.74) is 0.342. The van der Waals surface area contributed by atoms with Gasteiger partial charge in [-0.2, -0.15) is 13.2 Å².